The lowest BCUT2D eigenvalue weighted by atomic mass is 9.87. The first-order valence-corrected chi connectivity index (χ1v) is 11.9. The Labute approximate surface area is 218 Å². The molecule has 3 aromatic rings. The molecule has 38 heavy (non-hydrogen) atoms. The van der Waals surface area contributed by atoms with E-state index >= 15 is 0 Å². The molecule has 1 aliphatic heterocycles. The van der Waals surface area contributed by atoms with Crippen LogP contribution in [-0.4, -0.2) is 67.8 Å². The number of ether oxygens (including phenoxy) is 2. The zero-order chi connectivity index (χ0) is 27.2. The van der Waals surface area contributed by atoms with Crippen molar-refractivity contribution in [1.82, 2.24) is 0 Å². The fourth-order valence-electron chi connectivity index (χ4n) is 4.14. The zero-order valence-electron chi connectivity index (χ0n) is 20.2. The molecule has 1 fully saturated rings. The van der Waals surface area contributed by atoms with Gasteiger partial charge in [0.2, 0.25) is 0 Å². The third kappa shape index (κ3) is 6.16. The molecule has 0 aromatic heterocycles. The van der Waals surface area contributed by atoms with Gasteiger partial charge >= 0.3 is 5.97 Å². The zero-order valence-corrected chi connectivity index (χ0v) is 20.2. The third-order valence-electron chi connectivity index (χ3n) is 6.28. The number of phenols is 1. The lowest BCUT2D eigenvalue weighted by Gasteiger charge is -2.42. The van der Waals surface area contributed by atoms with Gasteiger partial charge in [0, 0.05) is 5.56 Å². The van der Waals surface area contributed by atoms with E-state index in [9.17, 15) is 35.1 Å². The number of ketones is 1. The number of hydrogen-bond acceptors (Lipinski definition) is 9. The van der Waals surface area contributed by atoms with E-state index in [1.807, 2.05) is 6.07 Å². The molecule has 0 aliphatic carbocycles. The Hall–Kier alpha value is -3.86. The summed E-state index contributed by atoms with van der Waals surface area (Å²) in [7, 11) is 0. The maximum absolute atomic E-state index is 12.6. The molecule has 6 atom stereocenters. The van der Waals surface area contributed by atoms with E-state index < -0.39 is 48.4 Å². The molecule has 9 heteroatoms. The first-order chi connectivity index (χ1) is 18.3. The minimum Gasteiger partial charge on any atom is -0.508 e. The van der Waals surface area contributed by atoms with E-state index in [1.54, 1.807) is 54.6 Å². The Bertz CT molecular complexity index is 1280. The van der Waals surface area contributed by atoms with Crippen molar-refractivity contribution in [3.05, 3.63) is 107 Å². The number of hydrogen-bond donors (Lipinski definition) is 5. The van der Waals surface area contributed by atoms with E-state index in [4.69, 9.17) is 9.47 Å². The minimum atomic E-state index is -1.89. The highest BCUT2D eigenvalue weighted by Crippen LogP contribution is 2.38. The molecule has 198 valence electrons. The fourth-order valence-corrected chi connectivity index (χ4v) is 4.14. The first-order valence-electron chi connectivity index (χ1n) is 11.9. The predicted molar refractivity (Wildman–Crippen MR) is 136 cm³/mol. The van der Waals surface area contributed by atoms with Crippen LogP contribution in [-0.2, 0) is 20.9 Å². The summed E-state index contributed by atoms with van der Waals surface area (Å²) in [5, 5.41) is 52.6. The summed E-state index contributed by atoms with van der Waals surface area (Å²) in [4.78, 5) is 25.2. The second-order valence-corrected chi connectivity index (χ2v) is 8.92. The number of phenolic OH excluding ortho intramolecular Hbond substituents is 1. The van der Waals surface area contributed by atoms with E-state index in [0.717, 1.165) is 11.6 Å². The standard InChI is InChI=1S/C29H28O9/c30-21-14-12-19(29(36)37-16-18-9-5-2-6-10-18)15-20(21)27-25(34)24(33)26(35)28(38-27)23(32)22(31)13-11-17-7-3-1-4-8-17/h1-15,23-28,30,32-35H,16H2/t23?,24-,25-,26+,27+,28-/m1/s1. The quantitative estimate of drug-likeness (QED) is 0.221. The van der Waals surface area contributed by atoms with Crippen LogP contribution in [0.5, 0.6) is 5.75 Å². The number of aliphatic hydroxyl groups excluding tert-OH is 4. The topological polar surface area (TPSA) is 154 Å². The van der Waals surface area contributed by atoms with Crippen molar-refractivity contribution in [3.63, 3.8) is 0 Å². The van der Waals surface area contributed by atoms with Crippen molar-refractivity contribution in [3.8, 4) is 5.75 Å². The number of aliphatic hydroxyl groups is 4. The molecule has 5 N–H and O–H groups in total. The molecule has 1 aliphatic rings. The van der Waals surface area contributed by atoms with Crippen molar-refractivity contribution >= 4 is 17.8 Å². The van der Waals surface area contributed by atoms with Crippen LogP contribution in [0.1, 0.15) is 33.2 Å². The molecular weight excluding hydrogens is 492 g/mol. The molecule has 4 rings (SSSR count). The third-order valence-corrected chi connectivity index (χ3v) is 6.28. The van der Waals surface area contributed by atoms with Gasteiger partial charge in [-0.15, -0.1) is 0 Å². The Morgan fingerprint density at radius 1 is 0.895 bits per heavy atom. The maximum Gasteiger partial charge on any atom is 0.338 e. The monoisotopic (exact) mass is 520 g/mol. The van der Waals surface area contributed by atoms with Crippen molar-refractivity contribution in [2.24, 2.45) is 0 Å². The van der Waals surface area contributed by atoms with Crippen LogP contribution in [0, 0.1) is 0 Å². The predicted octanol–water partition coefficient (Wildman–Crippen LogP) is 1.92. The Morgan fingerprint density at radius 2 is 1.55 bits per heavy atom. The largest absolute Gasteiger partial charge is 0.508 e. The van der Waals surface area contributed by atoms with Crippen molar-refractivity contribution in [2.45, 2.75) is 43.2 Å². The van der Waals surface area contributed by atoms with Gasteiger partial charge in [-0.1, -0.05) is 66.7 Å². The normalized spacial score (nSPS) is 24.2. The molecule has 0 amide bonds. The van der Waals surface area contributed by atoms with Gasteiger partial charge in [0.1, 0.15) is 49.0 Å². The molecule has 1 unspecified atom stereocenters. The SMILES string of the molecule is O=C(OCc1ccccc1)c1ccc(O)c([C@@H]2O[C@H](C(O)C(=O)C=Cc3ccccc3)[C@@H](O)[C@H](O)[C@H]2O)c1. The molecular formula is C29H28O9. The minimum absolute atomic E-state index is 0.0101. The van der Waals surface area contributed by atoms with Crippen molar-refractivity contribution in [2.75, 3.05) is 0 Å². The average molecular weight is 521 g/mol. The van der Waals surface area contributed by atoms with Gasteiger partial charge in [-0.2, -0.15) is 0 Å². The lowest BCUT2D eigenvalue weighted by Crippen LogP contribution is -2.59. The van der Waals surface area contributed by atoms with Crippen LogP contribution in [0.4, 0.5) is 0 Å². The highest BCUT2D eigenvalue weighted by molar-refractivity contribution is 5.97. The van der Waals surface area contributed by atoms with Gasteiger partial charge in [-0.3, -0.25) is 4.79 Å². The van der Waals surface area contributed by atoms with Gasteiger partial charge in [0.05, 0.1) is 5.56 Å². The van der Waals surface area contributed by atoms with Gasteiger partial charge in [0.15, 0.2) is 5.78 Å². The number of rotatable bonds is 8. The Morgan fingerprint density at radius 3 is 2.24 bits per heavy atom. The number of esters is 1. The number of carbonyl (C=O) groups excluding carboxylic acids is 2. The summed E-state index contributed by atoms with van der Waals surface area (Å²) in [5.41, 5.74) is 1.41. The molecule has 9 nitrogen and oxygen atoms in total. The molecule has 0 radical (unpaired) electrons. The second-order valence-electron chi connectivity index (χ2n) is 8.92. The van der Waals surface area contributed by atoms with E-state index in [2.05, 4.69) is 0 Å². The molecule has 1 saturated heterocycles. The summed E-state index contributed by atoms with van der Waals surface area (Å²) < 4.78 is 11.0. The average Bonchev–Trinajstić information content (AvgIpc) is 2.95. The first kappa shape index (κ1) is 27.2. The summed E-state index contributed by atoms with van der Waals surface area (Å²) in [6, 6.07) is 21.6. The molecule has 0 saturated carbocycles. The van der Waals surface area contributed by atoms with Crippen LogP contribution in [0.15, 0.2) is 84.9 Å². The number of aromatic hydroxyl groups is 1. The van der Waals surface area contributed by atoms with Crippen LogP contribution in [0.3, 0.4) is 0 Å². The number of carbonyl (C=O) groups is 2. The van der Waals surface area contributed by atoms with Crippen molar-refractivity contribution in [1.29, 1.82) is 0 Å². The van der Waals surface area contributed by atoms with Crippen LogP contribution in [0.2, 0.25) is 0 Å². The molecule has 1 heterocycles. The van der Waals surface area contributed by atoms with Gasteiger partial charge in [-0.05, 0) is 35.4 Å². The van der Waals surface area contributed by atoms with Gasteiger partial charge < -0.3 is 35.0 Å². The molecule has 3 aromatic carbocycles. The van der Waals surface area contributed by atoms with Crippen LogP contribution in [0.25, 0.3) is 6.08 Å². The smallest absolute Gasteiger partial charge is 0.338 e. The van der Waals surface area contributed by atoms with Crippen LogP contribution >= 0.6 is 0 Å². The fraction of sp³-hybridized carbons (Fsp3) is 0.241. The number of benzene rings is 3. The highest BCUT2D eigenvalue weighted by atomic mass is 16.5. The molecule has 0 spiro atoms. The summed E-state index contributed by atoms with van der Waals surface area (Å²) >= 11 is 0. The Balaban J connectivity index is 1.52. The summed E-state index contributed by atoms with van der Waals surface area (Å²) in [5.74, 6) is -1.89. The van der Waals surface area contributed by atoms with Gasteiger partial charge in [-0.25, -0.2) is 4.79 Å². The van der Waals surface area contributed by atoms with Crippen LogP contribution < -0.4 is 0 Å². The second kappa shape index (κ2) is 12.1. The van der Waals surface area contributed by atoms with E-state index in [1.165, 1.54) is 24.3 Å². The molecule has 0 bridgehead atoms. The summed E-state index contributed by atoms with van der Waals surface area (Å²) in [6.45, 7) is 0.0101. The Kier molecular flexibility index (Phi) is 8.67. The van der Waals surface area contributed by atoms with Gasteiger partial charge in [0.25, 0.3) is 0 Å². The highest BCUT2D eigenvalue weighted by Gasteiger charge is 2.48. The van der Waals surface area contributed by atoms with Crippen molar-refractivity contribution < 1.29 is 44.6 Å². The lowest BCUT2D eigenvalue weighted by molar-refractivity contribution is -0.242. The maximum atomic E-state index is 12.6. The van der Waals surface area contributed by atoms with E-state index in [-0.39, 0.29) is 23.5 Å². The van der Waals surface area contributed by atoms with E-state index in [0.29, 0.717) is 5.56 Å². The summed E-state index contributed by atoms with van der Waals surface area (Å²) in [6.07, 6.45) is -7.82.